The predicted molar refractivity (Wildman–Crippen MR) is 107 cm³/mol. The first-order valence-corrected chi connectivity index (χ1v) is 9.33. The summed E-state index contributed by atoms with van der Waals surface area (Å²) >= 11 is 0. The van der Waals surface area contributed by atoms with E-state index in [-0.39, 0.29) is 11.9 Å². The summed E-state index contributed by atoms with van der Waals surface area (Å²) in [5, 5.41) is 5.55. The average molecular weight is 386 g/mol. The monoisotopic (exact) mass is 386 g/mol. The summed E-state index contributed by atoms with van der Waals surface area (Å²) in [6.07, 6.45) is 1.17. The summed E-state index contributed by atoms with van der Waals surface area (Å²) in [4.78, 5) is 31.4. The van der Waals surface area contributed by atoms with Gasteiger partial charge in [-0.3, -0.25) is 15.0 Å². The Labute approximate surface area is 167 Å². The Balaban J connectivity index is 1.42. The molecule has 0 aliphatic carbocycles. The fraction of sp³-hybridized carbons (Fsp3) is 0.136. The lowest BCUT2D eigenvalue weighted by molar-refractivity contribution is 0.0268. The molecule has 1 aromatic heterocycles. The highest BCUT2D eigenvalue weighted by Gasteiger charge is 2.47. The van der Waals surface area contributed by atoms with Crippen molar-refractivity contribution < 1.29 is 14.3 Å². The molecule has 1 saturated heterocycles. The molecule has 144 valence electrons. The number of nitrogens with zero attached hydrogens (tertiary/aromatic N) is 2. The number of nitrogens with one attached hydrogen (secondary N) is 2. The van der Waals surface area contributed by atoms with Crippen LogP contribution < -0.4 is 10.6 Å². The van der Waals surface area contributed by atoms with Gasteiger partial charge in [0.2, 0.25) is 0 Å². The standard InChI is InChI=1S/C22H18N4O3/c27-20-15-9-6-10-16(24-22(28)25-18-11-4-5-12-23-18)19(15)17-13-29-21(26(17)20)14-7-2-1-3-8-14/h1-12,17,21H,13H2,(H2,23,24,25,28). The fourth-order valence-corrected chi connectivity index (χ4v) is 3.92. The quantitative estimate of drug-likeness (QED) is 0.714. The van der Waals surface area contributed by atoms with Gasteiger partial charge in [-0.15, -0.1) is 0 Å². The van der Waals surface area contributed by atoms with Crippen molar-refractivity contribution in [1.29, 1.82) is 0 Å². The molecule has 0 spiro atoms. The van der Waals surface area contributed by atoms with Gasteiger partial charge in [-0.1, -0.05) is 42.5 Å². The van der Waals surface area contributed by atoms with Crippen LogP contribution in [0.5, 0.6) is 0 Å². The Kier molecular flexibility index (Phi) is 4.22. The second-order valence-corrected chi connectivity index (χ2v) is 6.89. The lowest BCUT2D eigenvalue weighted by Crippen LogP contribution is -2.27. The molecule has 0 radical (unpaired) electrons. The van der Waals surface area contributed by atoms with Crippen LogP contribution in [0.3, 0.4) is 0 Å². The molecule has 2 N–H and O–H groups in total. The molecule has 29 heavy (non-hydrogen) atoms. The van der Waals surface area contributed by atoms with Gasteiger partial charge in [-0.2, -0.15) is 0 Å². The van der Waals surface area contributed by atoms with E-state index in [0.29, 0.717) is 23.7 Å². The van der Waals surface area contributed by atoms with Crippen LogP contribution in [0.4, 0.5) is 16.3 Å². The zero-order valence-electron chi connectivity index (χ0n) is 15.4. The molecule has 3 amide bonds. The van der Waals surface area contributed by atoms with Crippen LogP contribution in [0.2, 0.25) is 0 Å². The third-order valence-corrected chi connectivity index (χ3v) is 5.14. The van der Waals surface area contributed by atoms with Crippen LogP contribution in [0.1, 0.15) is 33.8 Å². The Morgan fingerprint density at radius 3 is 2.62 bits per heavy atom. The van der Waals surface area contributed by atoms with Crippen LogP contribution in [0.25, 0.3) is 0 Å². The van der Waals surface area contributed by atoms with Crippen molar-refractivity contribution >= 4 is 23.4 Å². The largest absolute Gasteiger partial charge is 0.351 e. The van der Waals surface area contributed by atoms with Gasteiger partial charge in [0.25, 0.3) is 5.91 Å². The number of urea groups is 1. The molecule has 1 fully saturated rings. The number of fused-ring (bicyclic) bond motifs is 3. The van der Waals surface area contributed by atoms with Crippen LogP contribution in [0.15, 0.2) is 72.9 Å². The van der Waals surface area contributed by atoms with Gasteiger partial charge < -0.3 is 10.1 Å². The number of amides is 3. The Hall–Kier alpha value is -3.71. The first-order chi connectivity index (χ1) is 14.2. The summed E-state index contributed by atoms with van der Waals surface area (Å²) in [5.74, 6) is 0.355. The lowest BCUT2D eigenvalue weighted by Gasteiger charge is -2.22. The Morgan fingerprint density at radius 1 is 1.00 bits per heavy atom. The van der Waals surface area contributed by atoms with Crippen molar-refractivity contribution in [2.45, 2.75) is 12.3 Å². The second kappa shape index (κ2) is 7.03. The molecular weight excluding hydrogens is 368 g/mol. The third kappa shape index (κ3) is 3.01. The van der Waals surface area contributed by atoms with Crippen LogP contribution >= 0.6 is 0 Å². The number of hydrogen-bond acceptors (Lipinski definition) is 4. The van der Waals surface area contributed by atoms with Crippen molar-refractivity contribution in [3.63, 3.8) is 0 Å². The summed E-state index contributed by atoms with van der Waals surface area (Å²) in [6, 6.07) is 19.6. The normalized spacial score (nSPS) is 19.6. The van der Waals surface area contributed by atoms with Crippen molar-refractivity contribution in [2.75, 3.05) is 17.2 Å². The maximum atomic E-state index is 13.1. The number of rotatable bonds is 3. The number of anilines is 2. The first kappa shape index (κ1) is 17.4. The van der Waals surface area contributed by atoms with E-state index < -0.39 is 12.3 Å². The molecule has 7 heteroatoms. The van der Waals surface area contributed by atoms with Crippen LogP contribution in [0, 0.1) is 0 Å². The van der Waals surface area contributed by atoms with Crippen molar-refractivity contribution in [1.82, 2.24) is 9.88 Å². The van der Waals surface area contributed by atoms with Gasteiger partial charge in [-0.05, 0) is 24.3 Å². The minimum atomic E-state index is -0.434. The van der Waals surface area contributed by atoms with E-state index >= 15 is 0 Å². The van der Waals surface area contributed by atoms with E-state index in [1.165, 1.54) is 0 Å². The molecule has 2 aliphatic rings. The highest BCUT2D eigenvalue weighted by atomic mass is 16.5. The number of hydrogen-bond donors (Lipinski definition) is 2. The smallest absolute Gasteiger partial charge is 0.324 e. The predicted octanol–water partition coefficient (Wildman–Crippen LogP) is 3.95. The first-order valence-electron chi connectivity index (χ1n) is 9.33. The van der Waals surface area contributed by atoms with Crippen LogP contribution in [-0.4, -0.2) is 28.4 Å². The summed E-state index contributed by atoms with van der Waals surface area (Å²) in [7, 11) is 0. The highest BCUT2D eigenvalue weighted by molar-refractivity contribution is 6.05. The highest BCUT2D eigenvalue weighted by Crippen LogP contribution is 2.48. The fourth-order valence-electron chi connectivity index (χ4n) is 3.92. The molecule has 0 bridgehead atoms. The van der Waals surface area contributed by atoms with Crippen molar-refractivity contribution in [3.8, 4) is 0 Å². The molecule has 0 saturated carbocycles. The molecule has 2 atom stereocenters. The second-order valence-electron chi connectivity index (χ2n) is 6.89. The number of aromatic nitrogens is 1. The molecule has 2 aliphatic heterocycles. The van der Waals surface area contributed by atoms with Crippen LogP contribution in [-0.2, 0) is 4.74 Å². The van der Waals surface area contributed by atoms with E-state index in [9.17, 15) is 9.59 Å². The van der Waals surface area contributed by atoms with Crippen molar-refractivity contribution in [2.24, 2.45) is 0 Å². The maximum absolute atomic E-state index is 13.1. The van der Waals surface area contributed by atoms with Gasteiger partial charge in [0.1, 0.15) is 5.82 Å². The van der Waals surface area contributed by atoms with E-state index in [1.54, 1.807) is 47.5 Å². The van der Waals surface area contributed by atoms with Gasteiger partial charge in [0.15, 0.2) is 6.23 Å². The minimum absolute atomic E-state index is 0.0925. The molecule has 3 heterocycles. The average Bonchev–Trinajstić information content (AvgIpc) is 3.30. The third-order valence-electron chi connectivity index (χ3n) is 5.14. The number of carbonyl (C=O) groups is 2. The lowest BCUT2D eigenvalue weighted by atomic mass is 10.0. The SMILES string of the molecule is O=C(Nc1ccccn1)Nc1cccc2c1C1COC(c3ccccc3)N1C2=O. The summed E-state index contributed by atoms with van der Waals surface area (Å²) in [5.41, 5.74) is 2.90. The van der Waals surface area contributed by atoms with E-state index in [2.05, 4.69) is 15.6 Å². The van der Waals surface area contributed by atoms with E-state index in [4.69, 9.17) is 4.74 Å². The zero-order valence-corrected chi connectivity index (χ0v) is 15.4. The topological polar surface area (TPSA) is 83.6 Å². The summed E-state index contributed by atoms with van der Waals surface area (Å²) < 4.78 is 5.96. The number of pyridine rings is 1. The van der Waals surface area contributed by atoms with Gasteiger partial charge in [0.05, 0.1) is 12.6 Å². The minimum Gasteiger partial charge on any atom is -0.351 e. The van der Waals surface area contributed by atoms with Gasteiger partial charge in [-0.25, -0.2) is 9.78 Å². The molecule has 2 unspecified atom stereocenters. The van der Waals surface area contributed by atoms with Crippen molar-refractivity contribution in [3.05, 3.63) is 89.6 Å². The zero-order chi connectivity index (χ0) is 19.8. The van der Waals surface area contributed by atoms with Gasteiger partial charge >= 0.3 is 6.03 Å². The van der Waals surface area contributed by atoms with Gasteiger partial charge in [0, 0.05) is 28.6 Å². The molecule has 7 nitrogen and oxygen atoms in total. The molecule has 2 aromatic carbocycles. The van der Waals surface area contributed by atoms with E-state index in [0.717, 1.165) is 11.1 Å². The molecule has 3 aromatic rings. The number of benzene rings is 2. The molecular formula is C22H18N4O3. The Morgan fingerprint density at radius 2 is 1.83 bits per heavy atom. The number of carbonyl (C=O) groups excluding carboxylic acids is 2. The molecule has 5 rings (SSSR count). The Bertz CT molecular complexity index is 1070. The number of ether oxygens (including phenoxy) is 1. The maximum Gasteiger partial charge on any atom is 0.324 e. The summed E-state index contributed by atoms with van der Waals surface area (Å²) in [6.45, 7) is 0.374. The van der Waals surface area contributed by atoms with E-state index in [1.807, 2.05) is 30.3 Å².